The second kappa shape index (κ2) is 3.68. The van der Waals surface area contributed by atoms with E-state index >= 15 is 0 Å². The lowest BCUT2D eigenvalue weighted by Crippen LogP contribution is -2.40. The zero-order chi connectivity index (χ0) is 12.9. The molecule has 0 atom stereocenters. The standard InChI is InChI=1S/C13H13N3O2/c14-4-7-1-2-8-5-16(6-9(8)3-7)11-10(15)12(17)13(11)18/h1-3H,4-6,14-15H2. The molecule has 0 amide bonds. The van der Waals surface area contributed by atoms with Crippen molar-refractivity contribution in [3.63, 3.8) is 0 Å². The summed E-state index contributed by atoms with van der Waals surface area (Å²) in [5, 5.41) is 0. The summed E-state index contributed by atoms with van der Waals surface area (Å²) >= 11 is 0. The highest BCUT2D eigenvalue weighted by atomic mass is 16.2. The van der Waals surface area contributed by atoms with Crippen LogP contribution in [0.5, 0.6) is 0 Å². The van der Waals surface area contributed by atoms with Crippen LogP contribution in [0, 0.1) is 0 Å². The van der Waals surface area contributed by atoms with Crippen LogP contribution in [0.1, 0.15) is 16.7 Å². The van der Waals surface area contributed by atoms with Crippen LogP contribution in [0.25, 0.3) is 0 Å². The quantitative estimate of drug-likeness (QED) is 0.716. The first-order valence-corrected chi connectivity index (χ1v) is 5.76. The van der Waals surface area contributed by atoms with E-state index in [2.05, 4.69) is 0 Å². The van der Waals surface area contributed by atoms with Crippen LogP contribution in [0.4, 0.5) is 11.4 Å². The van der Waals surface area contributed by atoms with Crippen LogP contribution < -0.4 is 27.2 Å². The van der Waals surface area contributed by atoms with E-state index in [1.54, 1.807) is 0 Å². The van der Waals surface area contributed by atoms with E-state index in [4.69, 9.17) is 11.5 Å². The molecule has 5 nitrogen and oxygen atoms in total. The molecule has 5 heteroatoms. The number of nitrogen functional groups attached to an aromatic ring is 1. The maximum atomic E-state index is 11.5. The van der Waals surface area contributed by atoms with Gasteiger partial charge in [0, 0.05) is 19.6 Å². The molecule has 0 unspecified atom stereocenters. The average Bonchev–Trinajstić information content (AvgIpc) is 2.80. The zero-order valence-corrected chi connectivity index (χ0v) is 9.77. The van der Waals surface area contributed by atoms with Crippen molar-refractivity contribution in [1.29, 1.82) is 0 Å². The first-order valence-electron chi connectivity index (χ1n) is 5.76. The Bertz CT molecular complexity index is 699. The van der Waals surface area contributed by atoms with Crippen molar-refractivity contribution in [2.24, 2.45) is 5.73 Å². The Labute approximate surface area is 103 Å². The molecule has 18 heavy (non-hydrogen) atoms. The van der Waals surface area contributed by atoms with Gasteiger partial charge in [0.1, 0.15) is 11.4 Å². The molecule has 0 saturated heterocycles. The summed E-state index contributed by atoms with van der Waals surface area (Å²) in [5.41, 5.74) is 13.9. The first-order chi connectivity index (χ1) is 8.61. The topological polar surface area (TPSA) is 89.4 Å². The number of hydrogen-bond donors (Lipinski definition) is 2. The lowest BCUT2D eigenvalue weighted by molar-refractivity contribution is 0.869. The Hall–Kier alpha value is -2.14. The van der Waals surface area contributed by atoms with Gasteiger partial charge in [0.15, 0.2) is 0 Å². The SMILES string of the molecule is NCc1ccc2c(c1)CN(c1c(N)c(=O)c1=O)C2. The predicted octanol–water partition coefficient (Wildman–Crippen LogP) is -0.156. The predicted molar refractivity (Wildman–Crippen MR) is 70.0 cm³/mol. The number of nitrogens with two attached hydrogens (primary N) is 2. The second-order valence-electron chi connectivity index (χ2n) is 4.58. The lowest BCUT2D eigenvalue weighted by Gasteiger charge is -2.19. The third-order valence-corrected chi connectivity index (χ3v) is 3.47. The van der Waals surface area contributed by atoms with E-state index in [1.807, 2.05) is 23.1 Å². The zero-order valence-electron chi connectivity index (χ0n) is 9.77. The smallest absolute Gasteiger partial charge is 0.253 e. The van der Waals surface area contributed by atoms with Gasteiger partial charge in [-0.1, -0.05) is 18.2 Å². The van der Waals surface area contributed by atoms with Gasteiger partial charge in [0.25, 0.3) is 10.9 Å². The number of nitrogens with zero attached hydrogens (tertiary/aromatic N) is 1. The summed E-state index contributed by atoms with van der Waals surface area (Å²) in [6, 6.07) is 6.03. The molecule has 0 bridgehead atoms. The molecule has 0 saturated carbocycles. The van der Waals surface area contributed by atoms with Crippen molar-refractivity contribution in [3.05, 3.63) is 55.3 Å². The van der Waals surface area contributed by atoms with Gasteiger partial charge in [-0.05, 0) is 16.7 Å². The number of benzene rings is 1. The average molecular weight is 243 g/mol. The van der Waals surface area contributed by atoms with Gasteiger partial charge < -0.3 is 16.4 Å². The molecule has 1 aliphatic heterocycles. The molecule has 0 aromatic heterocycles. The van der Waals surface area contributed by atoms with Crippen LogP contribution >= 0.6 is 0 Å². The molecule has 2 aromatic rings. The molecular formula is C13H13N3O2. The molecule has 2 aromatic carbocycles. The van der Waals surface area contributed by atoms with E-state index in [9.17, 15) is 9.59 Å². The third-order valence-electron chi connectivity index (χ3n) is 3.47. The summed E-state index contributed by atoms with van der Waals surface area (Å²) in [6.07, 6.45) is 0. The number of fused-ring (bicyclic) bond motifs is 1. The Morgan fingerprint density at radius 2 is 1.83 bits per heavy atom. The van der Waals surface area contributed by atoms with E-state index in [0.717, 1.165) is 16.7 Å². The molecule has 0 radical (unpaired) electrons. The minimum atomic E-state index is -0.566. The van der Waals surface area contributed by atoms with E-state index in [0.29, 0.717) is 25.3 Å². The van der Waals surface area contributed by atoms with Gasteiger partial charge in [-0.2, -0.15) is 0 Å². The molecule has 4 N–H and O–H groups in total. The van der Waals surface area contributed by atoms with E-state index < -0.39 is 10.9 Å². The summed E-state index contributed by atoms with van der Waals surface area (Å²) in [6.45, 7) is 1.73. The van der Waals surface area contributed by atoms with Crippen LogP contribution in [-0.4, -0.2) is 0 Å². The normalized spacial score (nSPS) is 14.2. The van der Waals surface area contributed by atoms with Crippen molar-refractivity contribution >= 4 is 11.4 Å². The Balaban J connectivity index is 1.94. The second-order valence-corrected chi connectivity index (χ2v) is 4.58. The summed E-state index contributed by atoms with van der Waals surface area (Å²) < 4.78 is 0. The fourth-order valence-corrected chi connectivity index (χ4v) is 2.44. The summed E-state index contributed by atoms with van der Waals surface area (Å²) in [5.74, 6) is 0. The molecule has 0 spiro atoms. The van der Waals surface area contributed by atoms with E-state index in [1.165, 1.54) is 0 Å². The van der Waals surface area contributed by atoms with Crippen molar-refractivity contribution in [2.75, 3.05) is 10.6 Å². The third kappa shape index (κ3) is 1.37. The highest BCUT2D eigenvalue weighted by Crippen LogP contribution is 2.29. The lowest BCUT2D eigenvalue weighted by atomic mass is 10.1. The molecule has 3 rings (SSSR count). The van der Waals surface area contributed by atoms with Gasteiger partial charge in [0.2, 0.25) is 0 Å². The highest BCUT2D eigenvalue weighted by Gasteiger charge is 2.28. The fourth-order valence-electron chi connectivity index (χ4n) is 2.44. The first kappa shape index (κ1) is 11.0. The monoisotopic (exact) mass is 243 g/mol. The van der Waals surface area contributed by atoms with Crippen LogP contribution in [0.15, 0.2) is 27.8 Å². The van der Waals surface area contributed by atoms with Crippen molar-refractivity contribution in [3.8, 4) is 0 Å². The maximum Gasteiger partial charge on any atom is 0.253 e. The van der Waals surface area contributed by atoms with Crippen LogP contribution in [0.3, 0.4) is 0 Å². The molecule has 1 heterocycles. The Kier molecular flexibility index (Phi) is 2.24. The number of anilines is 2. The van der Waals surface area contributed by atoms with Crippen molar-refractivity contribution in [2.45, 2.75) is 19.6 Å². The van der Waals surface area contributed by atoms with Crippen LogP contribution in [-0.2, 0) is 19.6 Å². The largest absolute Gasteiger partial charge is 0.394 e. The molecular weight excluding hydrogens is 230 g/mol. The van der Waals surface area contributed by atoms with Gasteiger partial charge >= 0.3 is 0 Å². The van der Waals surface area contributed by atoms with Crippen molar-refractivity contribution in [1.82, 2.24) is 0 Å². The summed E-state index contributed by atoms with van der Waals surface area (Å²) in [4.78, 5) is 24.5. The number of hydrogen-bond acceptors (Lipinski definition) is 5. The fraction of sp³-hybridized carbons (Fsp3) is 0.231. The molecule has 0 fully saturated rings. The van der Waals surface area contributed by atoms with Gasteiger partial charge in [-0.15, -0.1) is 0 Å². The van der Waals surface area contributed by atoms with Gasteiger partial charge in [-0.3, -0.25) is 9.59 Å². The van der Waals surface area contributed by atoms with Gasteiger partial charge in [0.05, 0.1) is 0 Å². The molecule has 92 valence electrons. The Morgan fingerprint density at radius 1 is 1.11 bits per heavy atom. The minimum Gasteiger partial charge on any atom is -0.394 e. The van der Waals surface area contributed by atoms with Gasteiger partial charge in [-0.25, -0.2) is 0 Å². The Morgan fingerprint density at radius 3 is 2.50 bits per heavy atom. The van der Waals surface area contributed by atoms with Crippen LogP contribution in [0.2, 0.25) is 0 Å². The number of rotatable bonds is 2. The van der Waals surface area contributed by atoms with Crippen molar-refractivity contribution < 1.29 is 0 Å². The highest BCUT2D eigenvalue weighted by molar-refractivity contribution is 5.73. The molecule has 0 aliphatic carbocycles. The summed E-state index contributed by atoms with van der Waals surface area (Å²) in [7, 11) is 0. The minimum absolute atomic E-state index is 0.0897. The van der Waals surface area contributed by atoms with E-state index in [-0.39, 0.29) is 5.69 Å². The maximum absolute atomic E-state index is 11.5. The molecule has 1 aliphatic rings.